The fraction of sp³-hybridized carbons (Fsp3) is 0.381. The minimum Gasteiger partial charge on any atom is -0.491 e. The van der Waals surface area contributed by atoms with Crippen LogP contribution in [0.2, 0.25) is 0 Å². The van der Waals surface area contributed by atoms with Crippen LogP contribution >= 0.6 is 0 Å². The first-order chi connectivity index (χ1) is 12.6. The summed E-state index contributed by atoms with van der Waals surface area (Å²) in [6.45, 7) is 4.52. The van der Waals surface area contributed by atoms with E-state index in [1.165, 1.54) is 0 Å². The first-order valence-corrected chi connectivity index (χ1v) is 8.86. The summed E-state index contributed by atoms with van der Waals surface area (Å²) in [6, 6.07) is 18.4. The van der Waals surface area contributed by atoms with Crippen molar-refractivity contribution in [1.82, 2.24) is 5.32 Å². The lowest BCUT2D eigenvalue weighted by Crippen LogP contribution is -2.46. The van der Waals surface area contributed by atoms with Crippen molar-refractivity contribution in [2.45, 2.75) is 32.6 Å². The number of rotatable bonds is 10. The van der Waals surface area contributed by atoms with Crippen LogP contribution in [0.15, 0.2) is 60.7 Å². The number of esters is 1. The third-order valence-corrected chi connectivity index (χ3v) is 3.90. The van der Waals surface area contributed by atoms with Crippen molar-refractivity contribution in [2.75, 3.05) is 13.2 Å². The third kappa shape index (κ3) is 6.86. The van der Waals surface area contributed by atoms with E-state index in [2.05, 4.69) is 5.32 Å². The van der Waals surface area contributed by atoms with Crippen molar-refractivity contribution in [1.29, 1.82) is 0 Å². The van der Waals surface area contributed by atoms with Gasteiger partial charge in [0.1, 0.15) is 31.1 Å². The molecule has 0 saturated carbocycles. The Balaban J connectivity index is 1.76. The van der Waals surface area contributed by atoms with Crippen molar-refractivity contribution >= 4 is 5.97 Å². The Morgan fingerprint density at radius 1 is 1.04 bits per heavy atom. The van der Waals surface area contributed by atoms with E-state index < -0.39 is 12.1 Å². The molecule has 0 aliphatic heterocycles. The van der Waals surface area contributed by atoms with Gasteiger partial charge in [-0.05, 0) is 23.6 Å². The van der Waals surface area contributed by atoms with Crippen molar-refractivity contribution in [2.24, 2.45) is 5.92 Å². The van der Waals surface area contributed by atoms with Crippen LogP contribution in [-0.4, -0.2) is 36.4 Å². The maximum Gasteiger partial charge on any atom is 0.323 e. The second-order valence-corrected chi connectivity index (χ2v) is 6.50. The lowest BCUT2D eigenvalue weighted by atomic mass is 10.0. The highest BCUT2D eigenvalue weighted by atomic mass is 16.5. The van der Waals surface area contributed by atoms with Gasteiger partial charge in [-0.25, -0.2) is 0 Å². The molecule has 26 heavy (non-hydrogen) atoms. The molecule has 2 unspecified atom stereocenters. The third-order valence-electron chi connectivity index (χ3n) is 3.90. The number of carbonyl (C=O) groups is 1. The molecule has 2 aromatic rings. The Labute approximate surface area is 155 Å². The van der Waals surface area contributed by atoms with Gasteiger partial charge in [-0.2, -0.15) is 0 Å². The zero-order chi connectivity index (χ0) is 18.8. The molecular formula is C21H27NO4. The fourth-order valence-corrected chi connectivity index (χ4v) is 2.44. The van der Waals surface area contributed by atoms with Crippen LogP contribution in [0.1, 0.15) is 19.4 Å². The molecule has 2 atom stereocenters. The van der Waals surface area contributed by atoms with E-state index in [1.54, 1.807) is 0 Å². The molecule has 5 heteroatoms. The number of para-hydroxylation sites is 1. The summed E-state index contributed by atoms with van der Waals surface area (Å²) in [5.74, 6) is 0.426. The van der Waals surface area contributed by atoms with Gasteiger partial charge >= 0.3 is 5.97 Å². The highest BCUT2D eigenvalue weighted by Crippen LogP contribution is 2.10. The largest absolute Gasteiger partial charge is 0.491 e. The van der Waals surface area contributed by atoms with Crippen LogP contribution in [0.3, 0.4) is 0 Å². The Kier molecular flexibility index (Phi) is 8.12. The van der Waals surface area contributed by atoms with Crippen LogP contribution in [0.5, 0.6) is 5.75 Å². The van der Waals surface area contributed by atoms with Crippen LogP contribution < -0.4 is 10.1 Å². The number of aliphatic hydroxyl groups excluding tert-OH is 1. The molecule has 2 rings (SSSR count). The minimum absolute atomic E-state index is 0.0421. The van der Waals surface area contributed by atoms with Crippen molar-refractivity contribution < 1.29 is 19.4 Å². The fourth-order valence-electron chi connectivity index (χ4n) is 2.44. The summed E-state index contributed by atoms with van der Waals surface area (Å²) in [5.41, 5.74) is 0.944. The Bertz CT molecular complexity index is 646. The van der Waals surface area contributed by atoms with Gasteiger partial charge in [0.25, 0.3) is 0 Å². The summed E-state index contributed by atoms with van der Waals surface area (Å²) < 4.78 is 10.9. The van der Waals surface area contributed by atoms with E-state index in [4.69, 9.17) is 9.47 Å². The molecule has 0 saturated heterocycles. The first kappa shape index (κ1) is 19.9. The predicted molar refractivity (Wildman–Crippen MR) is 101 cm³/mol. The van der Waals surface area contributed by atoms with Crippen molar-refractivity contribution in [3.05, 3.63) is 66.2 Å². The summed E-state index contributed by atoms with van der Waals surface area (Å²) >= 11 is 0. The van der Waals surface area contributed by atoms with Crippen molar-refractivity contribution in [3.8, 4) is 5.75 Å². The quantitative estimate of drug-likeness (QED) is 0.640. The number of benzene rings is 2. The Hall–Kier alpha value is -2.37. The van der Waals surface area contributed by atoms with Gasteiger partial charge in [0.15, 0.2) is 0 Å². The van der Waals surface area contributed by atoms with Gasteiger partial charge in [-0.15, -0.1) is 0 Å². The van der Waals surface area contributed by atoms with Crippen LogP contribution in [0.4, 0.5) is 0 Å². The molecule has 0 aliphatic rings. The maximum atomic E-state index is 12.4. The predicted octanol–water partition coefficient (Wildman–Crippen LogP) is 2.78. The van der Waals surface area contributed by atoms with E-state index >= 15 is 0 Å². The number of nitrogens with one attached hydrogen (secondary N) is 1. The summed E-state index contributed by atoms with van der Waals surface area (Å²) in [4.78, 5) is 12.4. The van der Waals surface area contributed by atoms with E-state index in [-0.39, 0.29) is 31.6 Å². The molecule has 5 nitrogen and oxygen atoms in total. The summed E-state index contributed by atoms with van der Waals surface area (Å²) in [5, 5.41) is 13.2. The maximum absolute atomic E-state index is 12.4. The number of aliphatic hydroxyl groups is 1. The van der Waals surface area contributed by atoms with Gasteiger partial charge < -0.3 is 19.9 Å². The highest BCUT2D eigenvalue weighted by Gasteiger charge is 2.24. The molecule has 0 aliphatic carbocycles. The zero-order valence-corrected chi connectivity index (χ0v) is 15.3. The smallest absolute Gasteiger partial charge is 0.323 e. The van der Waals surface area contributed by atoms with Crippen LogP contribution in [0.25, 0.3) is 0 Å². The normalized spacial score (nSPS) is 13.2. The topological polar surface area (TPSA) is 67.8 Å². The Morgan fingerprint density at radius 2 is 1.65 bits per heavy atom. The Morgan fingerprint density at radius 3 is 2.27 bits per heavy atom. The highest BCUT2D eigenvalue weighted by molar-refractivity contribution is 5.76. The molecule has 140 valence electrons. The van der Waals surface area contributed by atoms with E-state index in [0.717, 1.165) is 5.56 Å². The van der Waals surface area contributed by atoms with E-state index in [0.29, 0.717) is 5.75 Å². The monoisotopic (exact) mass is 357 g/mol. The SMILES string of the molecule is CC(C)C(NCC(O)COc1ccccc1)C(=O)OCc1ccccc1. The molecule has 2 aromatic carbocycles. The second kappa shape index (κ2) is 10.6. The van der Waals surface area contributed by atoms with Gasteiger partial charge in [0, 0.05) is 6.54 Å². The average Bonchev–Trinajstić information content (AvgIpc) is 2.66. The molecule has 2 N–H and O–H groups in total. The molecule has 0 heterocycles. The summed E-state index contributed by atoms with van der Waals surface area (Å²) in [7, 11) is 0. The minimum atomic E-state index is -0.724. The summed E-state index contributed by atoms with van der Waals surface area (Å²) in [6.07, 6.45) is -0.724. The zero-order valence-electron chi connectivity index (χ0n) is 15.3. The molecule has 0 amide bonds. The molecular weight excluding hydrogens is 330 g/mol. The average molecular weight is 357 g/mol. The first-order valence-electron chi connectivity index (χ1n) is 8.86. The van der Waals surface area contributed by atoms with E-state index in [9.17, 15) is 9.90 Å². The van der Waals surface area contributed by atoms with Crippen LogP contribution in [-0.2, 0) is 16.1 Å². The molecule has 0 aromatic heterocycles. The number of carbonyl (C=O) groups excluding carboxylic acids is 1. The number of ether oxygens (including phenoxy) is 2. The van der Waals surface area contributed by atoms with Gasteiger partial charge in [0.2, 0.25) is 0 Å². The van der Waals surface area contributed by atoms with Gasteiger partial charge in [0.05, 0.1) is 0 Å². The molecule has 0 fully saturated rings. The standard InChI is InChI=1S/C21H27NO4/c1-16(2)20(21(24)26-14-17-9-5-3-6-10-17)22-13-18(23)15-25-19-11-7-4-8-12-19/h3-12,16,18,20,22-23H,13-15H2,1-2H3. The molecule has 0 radical (unpaired) electrons. The van der Waals surface area contributed by atoms with Crippen molar-refractivity contribution in [3.63, 3.8) is 0 Å². The lowest BCUT2D eigenvalue weighted by molar-refractivity contribution is -0.148. The van der Waals surface area contributed by atoms with E-state index in [1.807, 2.05) is 74.5 Å². The number of hydrogen-bond acceptors (Lipinski definition) is 5. The molecule has 0 spiro atoms. The van der Waals surface area contributed by atoms with Gasteiger partial charge in [-0.1, -0.05) is 62.4 Å². The molecule has 0 bridgehead atoms. The number of hydrogen-bond donors (Lipinski definition) is 2. The van der Waals surface area contributed by atoms with Gasteiger partial charge in [-0.3, -0.25) is 4.79 Å². The second-order valence-electron chi connectivity index (χ2n) is 6.50. The lowest BCUT2D eigenvalue weighted by Gasteiger charge is -2.22. The van der Waals surface area contributed by atoms with Crippen LogP contribution in [0, 0.1) is 5.92 Å².